The highest BCUT2D eigenvalue weighted by molar-refractivity contribution is 5.58. The van der Waals surface area contributed by atoms with Crippen molar-refractivity contribution in [3.05, 3.63) is 35.1 Å². The first-order valence-electron chi connectivity index (χ1n) is 6.94. The van der Waals surface area contributed by atoms with E-state index in [2.05, 4.69) is 12.1 Å². The molecule has 0 aromatic heterocycles. The van der Waals surface area contributed by atoms with Crippen LogP contribution in [0.4, 0.5) is 0 Å². The van der Waals surface area contributed by atoms with Crippen LogP contribution < -0.4 is 9.47 Å². The van der Waals surface area contributed by atoms with Gasteiger partial charge in [-0.3, -0.25) is 0 Å². The van der Waals surface area contributed by atoms with Crippen molar-refractivity contribution in [2.24, 2.45) is 5.92 Å². The summed E-state index contributed by atoms with van der Waals surface area (Å²) in [5, 5.41) is 0. The zero-order valence-corrected chi connectivity index (χ0v) is 11.3. The molecule has 0 saturated carbocycles. The van der Waals surface area contributed by atoms with Gasteiger partial charge in [0.2, 0.25) is 0 Å². The number of hydrogen-bond donors (Lipinski definition) is 0. The van der Waals surface area contributed by atoms with E-state index in [1.54, 1.807) is 14.2 Å². The summed E-state index contributed by atoms with van der Waals surface area (Å²) in [7, 11) is 3.44. The second kappa shape index (κ2) is 3.92. The summed E-state index contributed by atoms with van der Waals surface area (Å²) >= 11 is 0. The monoisotopic (exact) mass is 258 g/mol. The Kier molecular flexibility index (Phi) is 2.32. The number of aryl methyl sites for hydroxylation is 1. The molecule has 0 N–H and O–H groups in total. The molecule has 3 nitrogen and oxygen atoms in total. The molecule has 2 unspecified atom stereocenters. The average molecular weight is 258 g/mol. The number of methoxy groups -OCH3 is 2. The second-order valence-corrected chi connectivity index (χ2v) is 5.58. The van der Waals surface area contributed by atoms with Crippen LogP contribution in [-0.4, -0.2) is 20.3 Å². The molecule has 0 bridgehead atoms. The lowest BCUT2D eigenvalue weighted by molar-refractivity contribution is 0.111. The Morgan fingerprint density at radius 3 is 2.89 bits per heavy atom. The highest BCUT2D eigenvalue weighted by Crippen LogP contribution is 2.56. The molecule has 1 aromatic rings. The Bertz CT molecular complexity index is 561. The molecular weight excluding hydrogens is 240 g/mol. The van der Waals surface area contributed by atoms with Crippen LogP contribution in [0.3, 0.4) is 0 Å². The Balaban J connectivity index is 1.90. The highest BCUT2D eigenvalue weighted by Gasteiger charge is 2.48. The zero-order valence-electron chi connectivity index (χ0n) is 11.3. The first kappa shape index (κ1) is 11.2. The number of ether oxygens (including phenoxy) is 3. The van der Waals surface area contributed by atoms with Crippen molar-refractivity contribution >= 4 is 0 Å². The predicted octanol–water partition coefficient (Wildman–Crippen LogP) is 3.04. The molecule has 100 valence electrons. The van der Waals surface area contributed by atoms with Crippen molar-refractivity contribution in [2.75, 3.05) is 14.2 Å². The lowest BCUT2D eigenvalue weighted by Crippen LogP contribution is -2.33. The van der Waals surface area contributed by atoms with Crippen molar-refractivity contribution < 1.29 is 14.2 Å². The standard InChI is InChI=1S/C16H18O3/c1-17-11-7-5-9-3-4-10-6-8-12(18-2)16-14(10)13(9)15(11)19-16/h5,7-8,10,14,16H,3-4,6H2,1-2H3/t10?,14?,16-/m1/s1. The van der Waals surface area contributed by atoms with E-state index in [0.29, 0.717) is 11.8 Å². The van der Waals surface area contributed by atoms with Crippen molar-refractivity contribution in [3.63, 3.8) is 0 Å². The third kappa shape index (κ3) is 1.38. The largest absolute Gasteiger partial charge is 0.497 e. The molecule has 3 atom stereocenters. The van der Waals surface area contributed by atoms with Gasteiger partial charge in [0, 0.05) is 11.5 Å². The molecule has 0 saturated heterocycles. The summed E-state index contributed by atoms with van der Waals surface area (Å²) in [6.45, 7) is 0. The molecule has 0 fully saturated rings. The number of rotatable bonds is 2. The minimum absolute atomic E-state index is 0.0501. The van der Waals surface area contributed by atoms with Gasteiger partial charge in [-0.15, -0.1) is 0 Å². The van der Waals surface area contributed by atoms with Gasteiger partial charge in [0.25, 0.3) is 0 Å². The van der Waals surface area contributed by atoms with Gasteiger partial charge in [-0.2, -0.15) is 0 Å². The smallest absolute Gasteiger partial charge is 0.166 e. The van der Waals surface area contributed by atoms with Crippen LogP contribution >= 0.6 is 0 Å². The van der Waals surface area contributed by atoms with Gasteiger partial charge in [0.1, 0.15) is 5.76 Å². The molecule has 1 aromatic carbocycles. The first-order valence-corrected chi connectivity index (χ1v) is 6.94. The van der Waals surface area contributed by atoms with Gasteiger partial charge >= 0.3 is 0 Å². The number of hydrogen-bond acceptors (Lipinski definition) is 3. The highest BCUT2D eigenvalue weighted by atomic mass is 16.6. The molecule has 3 heteroatoms. The maximum Gasteiger partial charge on any atom is 0.166 e. The van der Waals surface area contributed by atoms with E-state index in [0.717, 1.165) is 30.1 Å². The third-order valence-corrected chi connectivity index (χ3v) is 4.80. The molecule has 1 aliphatic heterocycles. The van der Waals surface area contributed by atoms with E-state index in [1.165, 1.54) is 17.5 Å². The number of allylic oxidation sites excluding steroid dienone is 1. The minimum atomic E-state index is 0.0501. The van der Waals surface area contributed by atoms with Gasteiger partial charge in [-0.05, 0) is 42.9 Å². The Labute approximate surface area is 113 Å². The van der Waals surface area contributed by atoms with Crippen LogP contribution in [0.1, 0.15) is 29.9 Å². The normalized spacial score (nSPS) is 30.2. The first-order chi connectivity index (χ1) is 9.33. The Morgan fingerprint density at radius 1 is 1.21 bits per heavy atom. The van der Waals surface area contributed by atoms with Crippen LogP contribution in [0.5, 0.6) is 11.5 Å². The van der Waals surface area contributed by atoms with E-state index in [9.17, 15) is 0 Å². The molecule has 0 spiro atoms. The molecule has 0 radical (unpaired) electrons. The van der Waals surface area contributed by atoms with Gasteiger partial charge in [0.05, 0.1) is 14.2 Å². The zero-order chi connectivity index (χ0) is 13.0. The molecular formula is C16H18O3. The Morgan fingerprint density at radius 2 is 2.11 bits per heavy atom. The maximum atomic E-state index is 6.21. The Hall–Kier alpha value is -1.64. The molecule has 1 heterocycles. The fourth-order valence-electron chi connectivity index (χ4n) is 3.92. The quantitative estimate of drug-likeness (QED) is 0.816. The summed E-state index contributed by atoms with van der Waals surface area (Å²) in [5.41, 5.74) is 2.81. The molecule has 4 rings (SSSR count). The van der Waals surface area contributed by atoms with Gasteiger partial charge < -0.3 is 14.2 Å². The number of benzene rings is 1. The van der Waals surface area contributed by atoms with Crippen molar-refractivity contribution in [1.29, 1.82) is 0 Å². The molecule has 2 aliphatic carbocycles. The van der Waals surface area contributed by atoms with Gasteiger partial charge in [0.15, 0.2) is 17.6 Å². The fourth-order valence-corrected chi connectivity index (χ4v) is 3.92. The SMILES string of the molecule is COC1=CCC2CCc3ccc(OC)c4c3C2[C@@H]1O4. The summed E-state index contributed by atoms with van der Waals surface area (Å²) < 4.78 is 17.2. The van der Waals surface area contributed by atoms with E-state index in [-0.39, 0.29) is 6.10 Å². The lowest BCUT2D eigenvalue weighted by atomic mass is 9.69. The maximum absolute atomic E-state index is 6.21. The van der Waals surface area contributed by atoms with Crippen LogP contribution in [0, 0.1) is 5.92 Å². The van der Waals surface area contributed by atoms with Gasteiger partial charge in [-0.25, -0.2) is 0 Å². The summed E-state index contributed by atoms with van der Waals surface area (Å²) in [4.78, 5) is 0. The van der Waals surface area contributed by atoms with Crippen molar-refractivity contribution in [1.82, 2.24) is 0 Å². The van der Waals surface area contributed by atoms with Crippen molar-refractivity contribution in [2.45, 2.75) is 31.3 Å². The van der Waals surface area contributed by atoms with Crippen molar-refractivity contribution in [3.8, 4) is 11.5 Å². The van der Waals surface area contributed by atoms with Crippen LogP contribution in [0.15, 0.2) is 24.0 Å². The average Bonchev–Trinajstić information content (AvgIpc) is 2.86. The predicted molar refractivity (Wildman–Crippen MR) is 71.7 cm³/mol. The van der Waals surface area contributed by atoms with E-state index in [4.69, 9.17) is 14.2 Å². The van der Waals surface area contributed by atoms with E-state index in [1.807, 2.05) is 6.07 Å². The third-order valence-electron chi connectivity index (χ3n) is 4.80. The fraction of sp³-hybridized carbons (Fsp3) is 0.500. The lowest BCUT2D eigenvalue weighted by Gasteiger charge is -2.35. The van der Waals surface area contributed by atoms with Crippen LogP contribution in [-0.2, 0) is 11.2 Å². The topological polar surface area (TPSA) is 27.7 Å². The molecule has 19 heavy (non-hydrogen) atoms. The van der Waals surface area contributed by atoms with E-state index < -0.39 is 0 Å². The molecule has 3 aliphatic rings. The van der Waals surface area contributed by atoms with Gasteiger partial charge in [-0.1, -0.05) is 6.07 Å². The minimum Gasteiger partial charge on any atom is -0.497 e. The summed E-state index contributed by atoms with van der Waals surface area (Å²) in [6, 6.07) is 4.23. The van der Waals surface area contributed by atoms with Crippen LogP contribution in [0.25, 0.3) is 0 Å². The van der Waals surface area contributed by atoms with E-state index >= 15 is 0 Å². The summed E-state index contributed by atoms with van der Waals surface area (Å²) in [6.07, 6.45) is 5.75. The summed E-state index contributed by atoms with van der Waals surface area (Å²) in [5.74, 6) is 3.92. The molecule has 0 amide bonds. The van der Waals surface area contributed by atoms with Crippen LogP contribution in [0.2, 0.25) is 0 Å². The second-order valence-electron chi connectivity index (χ2n) is 5.58.